The molecule has 0 bridgehead atoms. The van der Waals surface area contributed by atoms with Crippen LogP contribution in [0.3, 0.4) is 0 Å². The van der Waals surface area contributed by atoms with Crippen LogP contribution >= 0.6 is 0 Å². The molecule has 0 spiro atoms. The van der Waals surface area contributed by atoms with Gasteiger partial charge in [0.1, 0.15) is 0 Å². The summed E-state index contributed by atoms with van der Waals surface area (Å²) in [5, 5.41) is 6.31. The van der Waals surface area contributed by atoms with Crippen LogP contribution in [-0.2, 0) is 11.3 Å². The number of amides is 1. The summed E-state index contributed by atoms with van der Waals surface area (Å²) in [5.41, 5.74) is 1.15. The average Bonchev–Trinajstić information content (AvgIpc) is 2.46. The van der Waals surface area contributed by atoms with Crippen LogP contribution in [0.25, 0.3) is 0 Å². The van der Waals surface area contributed by atoms with E-state index in [-0.39, 0.29) is 5.91 Å². The molecule has 2 fully saturated rings. The van der Waals surface area contributed by atoms with Crippen LogP contribution in [0.4, 0.5) is 0 Å². The molecule has 0 saturated carbocycles. The number of hydrogen-bond acceptors (Lipinski definition) is 4. The molecule has 2 aliphatic heterocycles. The van der Waals surface area contributed by atoms with Gasteiger partial charge in [-0.3, -0.25) is 14.6 Å². The number of piperazine rings is 1. The fourth-order valence-electron chi connectivity index (χ4n) is 2.87. The van der Waals surface area contributed by atoms with Crippen LogP contribution < -0.4 is 10.6 Å². The molecule has 1 aromatic rings. The van der Waals surface area contributed by atoms with E-state index >= 15 is 0 Å². The fourth-order valence-corrected chi connectivity index (χ4v) is 2.87. The van der Waals surface area contributed by atoms with Gasteiger partial charge in [0.15, 0.2) is 0 Å². The molecule has 2 N–H and O–H groups in total. The van der Waals surface area contributed by atoms with Crippen molar-refractivity contribution in [1.82, 2.24) is 20.4 Å². The SMILES string of the molecule is O=C(CN1CCN(C2CNC2)CC1)NCc1ccccc1. The quantitative estimate of drug-likeness (QED) is 0.794. The molecule has 0 aromatic heterocycles. The van der Waals surface area contributed by atoms with Crippen molar-refractivity contribution >= 4 is 5.91 Å². The predicted molar refractivity (Wildman–Crippen MR) is 83.0 cm³/mol. The first kappa shape index (κ1) is 14.5. The molecule has 0 atom stereocenters. The molecule has 5 heteroatoms. The standard InChI is InChI=1S/C16H24N4O/c21-16(18-10-14-4-2-1-3-5-14)13-19-6-8-20(9-7-19)15-11-17-12-15/h1-5,15,17H,6-13H2,(H,18,21). The van der Waals surface area contributed by atoms with Gasteiger partial charge in [-0.1, -0.05) is 30.3 Å². The lowest BCUT2D eigenvalue weighted by Gasteiger charge is -2.43. The molecule has 0 radical (unpaired) electrons. The Hall–Kier alpha value is -1.43. The van der Waals surface area contributed by atoms with Crippen molar-refractivity contribution in [3.8, 4) is 0 Å². The number of hydrogen-bond donors (Lipinski definition) is 2. The molecule has 5 nitrogen and oxygen atoms in total. The summed E-state index contributed by atoms with van der Waals surface area (Å²) in [4.78, 5) is 16.8. The lowest BCUT2D eigenvalue weighted by Crippen LogP contribution is -2.62. The first-order valence-electron chi connectivity index (χ1n) is 7.79. The summed E-state index contributed by atoms with van der Waals surface area (Å²) in [7, 11) is 0. The van der Waals surface area contributed by atoms with Crippen molar-refractivity contribution in [2.75, 3.05) is 45.8 Å². The van der Waals surface area contributed by atoms with Gasteiger partial charge in [-0.15, -0.1) is 0 Å². The molecule has 21 heavy (non-hydrogen) atoms. The Balaban J connectivity index is 1.35. The highest BCUT2D eigenvalue weighted by Gasteiger charge is 2.27. The third-order valence-corrected chi connectivity index (χ3v) is 4.38. The summed E-state index contributed by atoms with van der Waals surface area (Å²) in [6.07, 6.45) is 0. The first-order valence-corrected chi connectivity index (χ1v) is 7.79. The third-order valence-electron chi connectivity index (χ3n) is 4.38. The van der Waals surface area contributed by atoms with Crippen molar-refractivity contribution in [3.05, 3.63) is 35.9 Å². The highest BCUT2D eigenvalue weighted by Crippen LogP contribution is 2.09. The van der Waals surface area contributed by atoms with Gasteiger partial charge in [0.05, 0.1) is 6.54 Å². The second kappa shape index (κ2) is 7.02. The van der Waals surface area contributed by atoms with Crippen molar-refractivity contribution in [2.45, 2.75) is 12.6 Å². The number of carbonyl (C=O) groups is 1. The van der Waals surface area contributed by atoms with Gasteiger partial charge in [-0.2, -0.15) is 0 Å². The van der Waals surface area contributed by atoms with Crippen LogP contribution in [0.5, 0.6) is 0 Å². The second-order valence-corrected chi connectivity index (χ2v) is 5.89. The van der Waals surface area contributed by atoms with E-state index in [2.05, 4.69) is 20.4 Å². The Kier molecular flexibility index (Phi) is 4.85. The second-order valence-electron chi connectivity index (χ2n) is 5.89. The Morgan fingerprint density at radius 1 is 1.14 bits per heavy atom. The molecular weight excluding hydrogens is 264 g/mol. The maximum Gasteiger partial charge on any atom is 0.234 e. The van der Waals surface area contributed by atoms with E-state index in [9.17, 15) is 4.79 Å². The Morgan fingerprint density at radius 3 is 2.48 bits per heavy atom. The highest BCUT2D eigenvalue weighted by atomic mass is 16.2. The van der Waals surface area contributed by atoms with Gasteiger partial charge in [0, 0.05) is 51.9 Å². The molecule has 1 amide bonds. The molecule has 0 aliphatic carbocycles. The van der Waals surface area contributed by atoms with Crippen LogP contribution in [0, 0.1) is 0 Å². The van der Waals surface area contributed by atoms with E-state index in [0.717, 1.165) is 50.9 Å². The number of benzene rings is 1. The minimum atomic E-state index is 0.123. The molecule has 1 aromatic carbocycles. The zero-order chi connectivity index (χ0) is 14.5. The highest BCUT2D eigenvalue weighted by molar-refractivity contribution is 5.78. The maximum absolute atomic E-state index is 12.0. The predicted octanol–water partition coefficient (Wildman–Crippen LogP) is -0.108. The van der Waals surface area contributed by atoms with E-state index < -0.39 is 0 Å². The maximum atomic E-state index is 12.0. The minimum absolute atomic E-state index is 0.123. The van der Waals surface area contributed by atoms with Crippen molar-refractivity contribution in [1.29, 1.82) is 0 Å². The molecule has 3 rings (SSSR count). The molecule has 2 saturated heterocycles. The molecular formula is C16H24N4O. The lowest BCUT2D eigenvalue weighted by molar-refractivity contribution is -0.122. The fraction of sp³-hybridized carbons (Fsp3) is 0.562. The van der Waals surface area contributed by atoms with Crippen LogP contribution in [0.2, 0.25) is 0 Å². The van der Waals surface area contributed by atoms with Gasteiger partial charge in [-0.05, 0) is 5.56 Å². The van der Waals surface area contributed by atoms with E-state index in [1.165, 1.54) is 0 Å². The Morgan fingerprint density at radius 2 is 1.86 bits per heavy atom. The topological polar surface area (TPSA) is 47.6 Å². The molecule has 2 aliphatic rings. The third kappa shape index (κ3) is 4.03. The number of nitrogens with zero attached hydrogens (tertiary/aromatic N) is 2. The summed E-state index contributed by atoms with van der Waals surface area (Å²) in [5.74, 6) is 0.123. The van der Waals surface area contributed by atoms with Crippen LogP contribution in [0.15, 0.2) is 30.3 Å². The number of nitrogens with one attached hydrogen (secondary N) is 2. The first-order chi connectivity index (χ1) is 10.3. The van der Waals surface area contributed by atoms with E-state index in [4.69, 9.17) is 0 Å². The van der Waals surface area contributed by atoms with Crippen molar-refractivity contribution < 1.29 is 4.79 Å². The molecule has 0 unspecified atom stereocenters. The van der Waals surface area contributed by atoms with Gasteiger partial charge in [-0.25, -0.2) is 0 Å². The van der Waals surface area contributed by atoms with Crippen molar-refractivity contribution in [2.24, 2.45) is 0 Å². The van der Waals surface area contributed by atoms with Gasteiger partial charge >= 0.3 is 0 Å². The summed E-state index contributed by atoms with van der Waals surface area (Å²) < 4.78 is 0. The lowest BCUT2D eigenvalue weighted by atomic mass is 10.1. The smallest absolute Gasteiger partial charge is 0.234 e. The van der Waals surface area contributed by atoms with Crippen LogP contribution in [-0.4, -0.2) is 67.6 Å². The zero-order valence-electron chi connectivity index (χ0n) is 12.4. The number of rotatable bonds is 5. The summed E-state index contributed by atoms with van der Waals surface area (Å²) in [6.45, 7) is 7.53. The minimum Gasteiger partial charge on any atom is -0.351 e. The van der Waals surface area contributed by atoms with Gasteiger partial charge in [0.25, 0.3) is 0 Å². The van der Waals surface area contributed by atoms with E-state index in [1.54, 1.807) is 0 Å². The monoisotopic (exact) mass is 288 g/mol. The molecule has 2 heterocycles. The van der Waals surface area contributed by atoms with E-state index in [0.29, 0.717) is 13.1 Å². The van der Waals surface area contributed by atoms with Crippen LogP contribution in [0.1, 0.15) is 5.56 Å². The summed E-state index contributed by atoms with van der Waals surface area (Å²) >= 11 is 0. The molecule has 114 valence electrons. The van der Waals surface area contributed by atoms with Crippen molar-refractivity contribution in [3.63, 3.8) is 0 Å². The normalized spacial score (nSPS) is 21.0. The van der Waals surface area contributed by atoms with E-state index in [1.807, 2.05) is 30.3 Å². The average molecular weight is 288 g/mol. The largest absolute Gasteiger partial charge is 0.351 e. The Bertz CT molecular complexity index is 453. The van der Waals surface area contributed by atoms with Gasteiger partial charge in [0.2, 0.25) is 5.91 Å². The zero-order valence-corrected chi connectivity index (χ0v) is 12.4. The van der Waals surface area contributed by atoms with Gasteiger partial charge < -0.3 is 10.6 Å². The Labute approximate surface area is 126 Å². The summed E-state index contributed by atoms with van der Waals surface area (Å²) in [6, 6.07) is 10.8. The number of carbonyl (C=O) groups excluding carboxylic acids is 1.